The monoisotopic (exact) mass is 300 g/mol. The van der Waals surface area contributed by atoms with Gasteiger partial charge in [0.1, 0.15) is 4.88 Å². The number of aromatic nitrogens is 1. The highest BCUT2D eigenvalue weighted by Crippen LogP contribution is 2.25. The van der Waals surface area contributed by atoms with Crippen molar-refractivity contribution < 1.29 is 4.79 Å². The number of benzene rings is 1. The van der Waals surface area contributed by atoms with Crippen molar-refractivity contribution in [2.24, 2.45) is 0 Å². The van der Waals surface area contributed by atoms with Crippen LogP contribution in [-0.2, 0) is 5.41 Å². The number of nitrogens with two attached hydrogens (primary N) is 1. The van der Waals surface area contributed by atoms with E-state index in [1.54, 1.807) is 19.1 Å². The smallest absolute Gasteiger partial charge is 0.267 e. The molecule has 21 heavy (non-hydrogen) atoms. The topological polar surface area (TPSA) is 91.8 Å². The number of rotatable bonds is 3. The van der Waals surface area contributed by atoms with Gasteiger partial charge in [0.15, 0.2) is 5.13 Å². The maximum atomic E-state index is 12.1. The lowest BCUT2D eigenvalue weighted by Gasteiger charge is -2.16. The fraction of sp³-hybridized carbons (Fsp3) is 0.267. The van der Waals surface area contributed by atoms with Gasteiger partial charge in [-0.1, -0.05) is 23.5 Å². The lowest BCUT2D eigenvalue weighted by atomic mass is 9.86. The Labute approximate surface area is 127 Å². The van der Waals surface area contributed by atoms with Crippen LogP contribution in [0.3, 0.4) is 0 Å². The maximum absolute atomic E-state index is 12.1. The van der Waals surface area contributed by atoms with Gasteiger partial charge in [0.05, 0.1) is 17.2 Å². The first-order valence-electron chi connectivity index (χ1n) is 6.39. The van der Waals surface area contributed by atoms with Gasteiger partial charge in [-0.2, -0.15) is 5.26 Å². The Morgan fingerprint density at radius 3 is 2.48 bits per heavy atom. The molecule has 0 unspecified atom stereocenters. The first-order chi connectivity index (χ1) is 9.83. The molecule has 0 radical (unpaired) electrons. The van der Waals surface area contributed by atoms with E-state index in [9.17, 15) is 4.79 Å². The molecule has 0 spiro atoms. The molecule has 0 aliphatic carbocycles. The molecule has 0 saturated heterocycles. The summed E-state index contributed by atoms with van der Waals surface area (Å²) in [6, 6.07) is 9.49. The number of carbonyl (C=O) groups is 1. The summed E-state index contributed by atoms with van der Waals surface area (Å²) < 4.78 is 0. The number of nitrogens with one attached hydrogen (secondary N) is 1. The molecule has 108 valence electrons. The van der Waals surface area contributed by atoms with Crippen molar-refractivity contribution in [2.75, 3.05) is 11.1 Å². The second kappa shape index (κ2) is 5.54. The first-order valence-corrected chi connectivity index (χ1v) is 7.21. The minimum atomic E-state index is -0.550. The summed E-state index contributed by atoms with van der Waals surface area (Å²) in [6.07, 6.45) is 0. The van der Waals surface area contributed by atoms with E-state index in [-0.39, 0.29) is 5.91 Å². The van der Waals surface area contributed by atoms with Crippen LogP contribution >= 0.6 is 11.3 Å². The molecule has 3 N–H and O–H groups in total. The molecule has 1 aromatic carbocycles. The zero-order valence-electron chi connectivity index (χ0n) is 12.1. The van der Waals surface area contributed by atoms with Gasteiger partial charge in [-0.3, -0.25) is 4.79 Å². The Morgan fingerprint density at radius 2 is 2.00 bits per heavy atom. The van der Waals surface area contributed by atoms with E-state index in [0.29, 0.717) is 21.4 Å². The summed E-state index contributed by atoms with van der Waals surface area (Å²) in [7, 11) is 0. The standard InChI is InChI=1S/C15H16N4OS/c1-9-12(21-14(17)18-9)13(20)19-11-6-4-10(5-7-11)15(2,3)8-16/h4-7H,1-3H3,(H2,17,18)(H,19,20). The average Bonchev–Trinajstić information content (AvgIpc) is 2.78. The number of nitrogen functional groups attached to an aromatic ring is 1. The highest BCUT2D eigenvalue weighted by atomic mass is 32.1. The van der Waals surface area contributed by atoms with Gasteiger partial charge in [-0.05, 0) is 38.5 Å². The largest absolute Gasteiger partial charge is 0.375 e. The van der Waals surface area contributed by atoms with Gasteiger partial charge in [0.25, 0.3) is 5.91 Å². The van der Waals surface area contributed by atoms with Crippen LogP contribution in [0.15, 0.2) is 24.3 Å². The van der Waals surface area contributed by atoms with Crippen LogP contribution in [0.2, 0.25) is 0 Å². The predicted molar refractivity (Wildman–Crippen MR) is 84.3 cm³/mol. The van der Waals surface area contributed by atoms with Crippen molar-refractivity contribution in [2.45, 2.75) is 26.2 Å². The maximum Gasteiger partial charge on any atom is 0.267 e. The van der Waals surface area contributed by atoms with Crippen molar-refractivity contribution >= 4 is 28.1 Å². The molecule has 0 saturated carbocycles. The van der Waals surface area contributed by atoms with Gasteiger partial charge >= 0.3 is 0 Å². The summed E-state index contributed by atoms with van der Waals surface area (Å²) >= 11 is 1.16. The Morgan fingerprint density at radius 1 is 1.38 bits per heavy atom. The fourth-order valence-electron chi connectivity index (χ4n) is 1.85. The number of aryl methyl sites for hydroxylation is 1. The van der Waals surface area contributed by atoms with E-state index in [2.05, 4.69) is 16.4 Å². The molecule has 1 aromatic heterocycles. The number of hydrogen-bond donors (Lipinski definition) is 2. The lowest BCUT2D eigenvalue weighted by Crippen LogP contribution is -2.15. The van der Waals surface area contributed by atoms with E-state index in [4.69, 9.17) is 11.0 Å². The molecule has 2 rings (SSSR count). The Hall–Kier alpha value is -2.39. The molecular weight excluding hydrogens is 284 g/mol. The number of carbonyl (C=O) groups excluding carboxylic acids is 1. The van der Waals surface area contributed by atoms with Crippen LogP contribution in [0.4, 0.5) is 10.8 Å². The molecule has 0 aliphatic heterocycles. The molecule has 0 atom stereocenters. The number of nitrogens with zero attached hydrogens (tertiary/aromatic N) is 2. The van der Waals surface area contributed by atoms with Gasteiger partial charge in [0, 0.05) is 5.69 Å². The number of amides is 1. The van der Waals surface area contributed by atoms with Gasteiger partial charge in [-0.15, -0.1) is 0 Å². The summed E-state index contributed by atoms with van der Waals surface area (Å²) in [5, 5.41) is 12.3. The van der Waals surface area contributed by atoms with Crippen LogP contribution in [0, 0.1) is 18.3 Å². The summed E-state index contributed by atoms with van der Waals surface area (Å²) in [5.41, 5.74) is 7.24. The third-order valence-electron chi connectivity index (χ3n) is 3.16. The van der Waals surface area contributed by atoms with Crippen LogP contribution in [-0.4, -0.2) is 10.9 Å². The predicted octanol–water partition coefficient (Wildman–Crippen LogP) is 3.09. The quantitative estimate of drug-likeness (QED) is 0.911. The average molecular weight is 300 g/mol. The number of anilines is 2. The van der Waals surface area contributed by atoms with E-state index in [0.717, 1.165) is 16.9 Å². The van der Waals surface area contributed by atoms with Crippen LogP contribution < -0.4 is 11.1 Å². The minimum absolute atomic E-state index is 0.228. The second-order valence-electron chi connectivity index (χ2n) is 5.23. The molecule has 0 aliphatic rings. The van der Waals surface area contributed by atoms with E-state index >= 15 is 0 Å². The third-order valence-corrected chi connectivity index (χ3v) is 4.15. The van der Waals surface area contributed by atoms with Crippen molar-refractivity contribution in [3.63, 3.8) is 0 Å². The zero-order chi connectivity index (χ0) is 15.6. The van der Waals surface area contributed by atoms with Gasteiger partial charge in [-0.25, -0.2) is 4.98 Å². The highest BCUT2D eigenvalue weighted by molar-refractivity contribution is 7.17. The van der Waals surface area contributed by atoms with Crippen molar-refractivity contribution in [1.29, 1.82) is 5.26 Å². The van der Waals surface area contributed by atoms with Gasteiger partial charge in [0.2, 0.25) is 0 Å². The Bertz CT molecular complexity index is 710. The lowest BCUT2D eigenvalue weighted by molar-refractivity contribution is 0.103. The number of hydrogen-bond acceptors (Lipinski definition) is 5. The normalized spacial score (nSPS) is 11.0. The fourth-order valence-corrected chi connectivity index (χ4v) is 2.58. The Balaban J connectivity index is 2.16. The molecule has 1 heterocycles. The van der Waals surface area contributed by atoms with E-state index in [1.807, 2.05) is 26.0 Å². The van der Waals surface area contributed by atoms with E-state index in [1.165, 1.54) is 0 Å². The molecule has 6 heteroatoms. The van der Waals surface area contributed by atoms with Crippen LogP contribution in [0.5, 0.6) is 0 Å². The molecule has 0 fully saturated rings. The summed E-state index contributed by atoms with van der Waals surface area (Å²) in [5.74, 6) is -0.228. The first kappa shape index (κ1) is 15.0. The van der Waals surface area contributed by atoms with Crippen molar-refractivity contribution in [3.8, 4) is 6.07 Å². The minimum Gasteiger partial charge on any atom is -0.375 e. The highest BCUT2D eigenvalue weighted by Gasteiger charge is 2.19. The SMILES string of the molecule is Cc1nc(N)sc1C(=O)Nc1ccc(C(C)(C)C#N)cc1. The van der Waals surface area contributed by atoms with Gasteiger partial charge < -0.3 is 11.1 Å². The molecule has 5 nitrogen and oxygen atoms in total. The second-order valence-corrected chi connectivity index (χ2v) is 6.27. The third kappa shape index (κ3) is 3.20. The zero-order valence-corrected chi connectivity index (χ0v) is 12.9. The van der Waals surface area contributed by atoms with Crippen LogP contribution in [0.25, 0.3) is 0 Å². The molecule has 1 amide bonds. The summed E-state index contributed by atoms with van der Waals surface area (Å²) in [4.78, 5) is 16.7. The van der Waals surface area contributed by atoms with E-state index < -0.39 is 5.41 Å². The molecule has 0 bridgehead atoms. The van der Waals surface area contributed by atoms with Crippen molar-refractivity contribution in [3.05, 3.63) is 40.4 Å². The molecular formula is C15H16N4OS. The van der Waals surface area contributed by atoms with Crippen LogP contribution in [0.1, 0.15) is 34.8 Å². The molecule has 2 aromatic rings. The number of nitriles is 1. The summed E-state index contributed by atoms with van der Waals surface area (Å²) in [6.45, 7) is 5.45. The Kier molecular flexibility index (Phi) is 3.96. The number of thiazole rings is 1. The van der Waals surface area contributed by atoms with Crippen molar-refractivity contribution in [1.82, 2.24) is 4.98 Å².